The van der Waals surface area contributed by atoms with Gasteiger partial charge in [-0.25, -0.2) is 18.6 Å². The summed E-state index contributed by atoms with van der Waals surface area (Å²) < 4.78 is 39.0. The fraction of sp³-hybridized carbons (Fsp3) is 0.323. The molecular weight excluding hydrogens is 592 g/mol. The van der Waals surface area contributed by atoms with Crippen LogP contribution in [0.4, 0.5) is 25.1 Å². The van der Waals surface area contributed by atoms with Crippen molar-refractivity contribution in [1.29, 1.82) is 0 Å². The second-order valence-electron chi connectivity index (χ2n) is 11.2. The minimum atomic E-state index is -0.699. The van der Waals surface area contributed by atoms with E-state index in [4.69, 9.17) is 21.7 Å². The van der Waals surface area contributed by atoms with Gasteiger partial charge in [0.1, 0.15) is 23.0 Å². The Morgan fingerprint density at radius 3 is 2.36 bits per heavy atom. The molecule has 2 heterocycles. The normalized spacial score (nSPS) is 13.5. The number of halogens is 2. The van der Waals surface area contributed by atoms with E-state index in [-0.39, 0.29) is 46.4 Å². The maximum absolute atomic E-state index is 14.9. The van der Waals surface area contributed by atoms with E-state index in [0.29, 0.717) is 31.5 Å². The van der Waals surface area contributed by atoms with E-state index >= 15 is 0 Å². The van der Waals surface area contributed by atoms with Gasteiger partial charge in [-0.1, -0.05) is 12.1 Å². The molecule has 3 aromatic rings. The number of anilines is 2. The lowest BCUT2D eigenvalue weighted by Gasteiger charge is -2.32. The van der Waals surface area contributed by atoms with Gasteiger partial charge in [0.2, 0.25) is 11.8 Å². The zero-order chi connectivity index (χ0) is 31.9. The zero-order valence-electron chi connectivity index (χ0n) is 24.5. The van der Waals surface area contributed by atoms with E-state index in [2.05, 4.69) is 20.9 Å². The van der Waals surface area contributed by atoms with Crippen molar-refractivity contribution in [3.63, 3.8) is 0 Å². The first-order valence-corrected chi connectivity index (χ1v) is 14.3. The second kappa shape index (κ2) is 14.2. The molecule has 44 heavy (non-hydrogen) atoms. The molecule has 0 aliphatic carbocycles. The average Bonchev–Trinajstić information content (AvgIpc) is 2.95. The van der Waals surface area contributed by atoms with E-state index in [9.17, 15) is 23.2 Å². The number of carbonyl (C=O) groups excluding carboxylic acids is 3. The van der Waals surface area contributed by atoms with Crippen molar-refractivity contribution in [2.75, 3.05) is 23.7 Å². The van der Waals surface area contributed by atoms with Gasteiger partial charge >= 0.3 is 6.09 Å². The quantitative estimate of drug-likeness (QED) is 0.282. The SMILES string of the molecule is CC(C)(C)OC(=O)N1CCC(C(=O)Nc2cc(Oc3ccc(NC(=S)NC(=O)Cc4ccc(F)cc4)cc3F)ccn2)CC1. The molecule has 0 spiro atoms. The number of thiocarbonyl (C=S) groups is 1. The van der Waals surface area contributed by atoms with Crippen LogP contribution in [0.25, 0.3) is 0 Å². The maximum Gasteiger partial charge on any atom is 0.410 e. The number of rotatable bonds is 7. The van der Waals surface area contributed by atoms with Gasteiger partial charge in [0.05, 0.1) is 6.42 Å². The molecule has 1 aliphatic heterocycles. The highest BCUT2D eigenvalue weighted by Crippen LogP contribution is 2.28. The molecule has 1 saturated heterocycles. The van der Waals surface area contributed by atoms with E-state index < -0.39 is 29.2 Å². The number of aromatic nitrogens is 1. The first kappa shape index (κ1) is 32.3. The van der Waals surface area contributed by atoms with Crippen LogP contribution in [-0.2, 0) is 20.7 Å². The predicted molar refractivity (Wildman–Crippen MR) is 164 cm³/mol. The Bertz CT molecular complexity index is 1520. The lowest BCUT2D eigenvalue weighted by molar-refractivity contribution is -0.121. The zero-order valence-corrected chi connectivity index (χ0v) is 25.3. The Balaban J connectivity index is 1.27. The monoisotopic (exact) mass is 625 g/mol. The number of ether oxygens (including phenoxy) is 2. The minimum absolute atomic E-state index is 0.00895. The van der Waals surface area contributed by atoms with Gasteiger partial charge in [-0.05, 0) is 81.7 Å². The highest BCUT2D eigenvalue weighted by atomic mass is 32.1. The van der Waals surface area contributed by atoms with Crippen molar-refractivity contribution in [1.82, 2.24) is 15.2 Å². The third-order valence-electron chi connectivity index (χ3n) is 6.45. The molecule has 2 aromatic carbocycles. The van der Waals surface area contributed by atoms with Gasteiger partial charge in [0, 0.05) is 43.0 Å². The van der Waals surface area contributed by atoms with Gasteiger partial charge in [-0.15, -0.1) is 0 Å². The summed E-state index contributed by atoms with van der Waals surface area (Å²) in [5, 5.41) is 7.97. The number of piperidine rings is 1. The maximum atomic E-state index is 14.9. The number of likely N-dealkylation sites (tertiary alicyclic amines) is 1. The molecule has 4 rings (SSSR count). The van der Waals surface area contributed by atoms with E-state index in [1.54, 1.807) is 25.7 Å². The van der Waals surface area contributed by atoms with Crippen LogP contribution in [0.3, 0.4) is 0 Å². The lowest BCUT2D eigenvalue weighted by atomic mass is 9.96. The summed E-state index contributed by atoms with van der Waals surface area (Å²) in [6, 6.07) is 12.6. The summed E-state index contributed by atoms with van der Waals surface area (Å²) in [6.07, 6.45) is 1.98. The molecule has 0 saturated carbocycles. The summed E-state index contributed by atoms with van der Waals surface area (Å²) in [6.45, 7) is 6.22. The van der Waals surface area contributed by atoms with Crippen molar-refractivity contribution in [2.24, 2.45) is 5.92 Å². The van der Waals surface area contributed by atoms with Gasteiger partial charge in [0.25, 0.3) is 0 Å². The molecule has 3 N–H and O–H groups in total. The van der Waals surface area contributed by atoms with Crippen molar-refractivity contribution in [3.8, 4) is 11.5 Å². The number of hydrogen-bond donors (Lipinski definition) is 3. The number of carbonyl (C=O) groups is 3. The first-order valence-electron chi connectivity index (χ1n) is 13.9. The summed E-state index contributed by atoms with van der Waals surface area (Å²) in [7, 11) is 0. The molecule has 0 radical (unpaired) electrons. The van der Waals surface area contributed by atoms with Crippen LogP contribution in [0.2, 0.25) is 0 Å². The Labute approximate surface area is 259 Å². The second-order valence-corrected chi connectivity index (χ2v) is 11.6. The van der Waals surface area contributed by atoms with Crippen molar-refractivity contribution < 1.29 is 32.6 Å². The minimum Gasteiger partial charge on any atom is -0.454 e. The van der Waals surface area contributed by atoms with Gasteiger partial charge in [-0.3, -0.25) is 9.59 Å². The number of nitrogens with zero attached hydrogens (tertiary/aromatic N) is 2. The summed E-state index contributed by atoms with van der Waals surface area (Å²) in [4.78, 5) is 43.1. The Morgan fingerprint density at radius 1 is 1.00 bits per heavy atom. The number of hydrogen-bond acceptors (Lipinski definition) is 7. The van der Waals surface area contributed by atoms with Crippen LogP contribution in [-0.4, -0.2) is 51.6 Å². The molecule has 10 nitrogen and oxygen atoms in total. The van der Waals surface area contributed by atoms with Crippen LogP contribution in [0.1, 0.15) is 39.2 Å². The Morgan fingerprint density at radius 2 is 1.70 bits per heavy atom. The molecule has 3 amide bonds. The largest absolute Gasteiger partial charge is 0.454 e. The van der Waals surface area contributed by atoms with E-state index in [0.717, 1.165) is 6.07 Å². The average molecular weight is 626 g/mol. The van der Waals surface area contributed by atoms with Gasteiger partial charge < -0.3 is 30.3 Å². The topological polar surface area (TPSA) is 122 Å². The van der Waals surface area contributed by atoms with Gasteiger partial charge in [-0.2, -0.15) is 0 Å². The molecule has 13 heteroatoms. The number of amides is 3. The molecule has 1 fully saturated rings. The fourth-order valence-electron chi connectivity index (χ4n) is 4.33. The standard InChI is InChI=1S/C31H33F2N5O5S/c1-31(2,3)43-30(41)38-14-11-20(12-15-38)28(40)36-26-18-23(10-13-34-26)42-25-9-8-22(17-24(25)33)35-29(44)37-27(39)16-19-4-6-21(32)7-5-19/h4-10,13,17-18,20H,11-12,14-16H2,1-3H3,(H,34,36,40)(H2,35,37,39,44). The Hall–Kier alpha value is -4.65. The van der Waals surface area contributed by atoms with Crippen LogP contribution in [0.5, 0.6) is 11.5 Å². The number of pyridine rings is 1. The van der Waals surface area contributed by atoms with Crippen LogP contribution < -0.4 is 20.7 Å². The summed E-state index contributed by atoms with van der Waals surface area (Å²) in [5.41, 5.74) is 0.299. The highest BCUT2D eigenvalue weighted by molar-refractivity contribution is 7.80. The van der Waals surface area contributed by atoms with Crippen LogP contribution in [0, 0.1) is 17.6 Å². The third-order valence-corrected chi connectivity index (χ3v) is 6.65. The molecule has 1 aromatic heterocycles. The number of benzene rings is 2. The molecule has 0 atom stereocenters. The summed E-state index contributed by atoms with van der Waals surface area (Å²) >= 11 is 5.14. The molecule has 0 bridgehead atoms. The van der Waals surface area contributed by atoms with Crippen LogP contribution in [0.15, 0.2) is 60.8 Å². The molecule has 232 valence electrons. The summed E-state index contributed by atoms with van der Waals surface area (Å²) in [5.74, 6) is -1.66. The molecular formula is C31H33F2N5O5S. The Kier molecular flexibility index (Phi) is 10.4. The van der Waals surface area contributed by atoms with Crippen molar-refractivity contribution in [2.45, 2.75) is 45.6 Å². The fourth-order valence-corrected chi connectivity index (χ4v) is 4.56. The van der Waals surface area contributed by atoms with Crippen molar-refractivity contribution in [3.05, 3.63) is 78.0 Å². The first-order chi connectivity index (χ1) is 20.8. The van der Waals surface area contributed by atoms with E-state index in [1.807, 2.05) is 0 Å². The van der Waals surface area contributed by atoms with Gasteiger partial charge in [0.15, 0.2) is 16.7 Å². The van der Waals surface area contributed by atoms with Crippen molar-refractivity contribution >= 4 is 46.7 Å². The third kappa shape index (κ3) is 9.69. The van der Waals surface area contributed by atoms with Crippen LogP contribution >= 0.6 is 12.2 Å². The highest BCUT2D eigenvalue weighted by Gasteiger charge is 2.30. The smallest absolute Gasteiger partial charge is 0.410 e. The lowest BCUT2D eigenvalue weighted by Crippen LogP contribution is -2.43. The molecule has 0 unspecified atom stereocenters. The molecule has 1 aliphatic rings. The predicted octanol–water partition coefficient (Wildman–Crippen LogP) is 5.79. The van der Waals surface area contributed by atoms with E-state index in [1.165, 1.54) is 54.7 Å². The number of nitrogens with one attached hydrogen (secondary N) is 3.